The second-order valence-corrected chi connectivity index (χ2v) is 5.73. The minimum Gasteiger partial charge on any atom is -0.339 e. The maximum Gasteiger partial charge on any atom is 0.253 e. The lowest BCUT2D eigenvalue weighted by molar-refractivity contribution is 0.0772. The predicted molar refractivity (Wildman–Crippen MR) is 74.4 cm³/mol. The van der Waals surface area contributed by atoms with Crippen molar-refractivity contribution in [3.8, 4) is 0 Å². The summed E-state index contributed by atoms with van der Waals surface area (Å²) in [6, 6.07) is 4.67. The summed E-state index contributed by atoms with van der Waals surface area (Å²) in [6.07, 6.45) is 0.547. The van der Waals surface area contributed by atoms with E-state index in [0.29, 0.717) is 30.6 Å². The molecule has 0 aliphatic heterocycles. The Morgan fingerprint density at radius 3 is 2.21 bits per heavy atom. The van der Waals surface area contributed by atoms with Gasteiger partial charge in [-0.1, -0.05) is 13.0 Å². The van der Waals surface area contributed by atoms with Gasteiger partial charge in [0.15, 0.2) is 0 Å². The Kier molecular flexibility index (Phi) is 5.08. The van der Waals surface area contributed by atoms with Crippen LogP contribution in [0.15, 0.2) is 23.1 Å². The molecule has 1 amide bonds. The first-order chi connectivity index (χ1) is 8.85. The number of sulfonamides is 1. The largest absolute Gasteiger partial charge is 0.339 e. The molecule has 0 fully saturated rings. The van der Waals surface area contributed by atoms with Crippen LogP contribution in [0.1, 0.15) is 36.7 Å². The van der Waals surface area contributed by atoms with Crippen LogP contribution in [0.4, 0.5) is 0 Å². The third-order valence-electron chi connectivity index (χ3n) is 3.05. The molecule has 0 radical (unpaired) electrons. The van der Waals surface area contributed by atoms with Gasteiger partial charge in [0.05, 0.1) is 4.90 Å². The van der Waals surface area contributed by atoms with Crippen molar-refractivity contribution in [3.63, 3.8) is 0 Å². The molecule has 0 aliphatic rings. The van der Waals surface area contributed by atoms with Crippen LogP contribution in [0.5, 0.6) is 0 Å². The molecule has 1 aromatic rings. The lowest BCUT2D eigenvalue weighted by Gasteiger charge is -2.19. The van der Waals surface area contributed by atoms with E-state index >= 15 is 0 Å². The molecule has 2 N–H and O–H groups in total. The molecule has 106 valence electrons. The standard InChI is InChI=1S/C13H20N2O3S/c1-4-10-7-8-11(9-12(10)19(14,17)18)13(16)15(5-2)6-3/h7-9H,4-6H2,1-3H3,(H2,14,17,18). The smallest absolute Gasteiger partial charge is 0.253 e. The molecule has 0 spiro atoms. The van der Waals surface area contributed by atoms with Crippen molar-refractivity contribution in [3.05, 3.63) is 29.3 Å². The zero-order valence-electron chi connectivity index (χ0n) is 11.5. The van der Waals surface area contributed by atoms with Crippen LogP contribution in [0.2, 0.25) is 0 Å². The van der Waals surface area contributed by atoms with Gasteiger partial charge >= 0.3 is 0 Å². The molecule has 0 saturated heterocycles. The molecule has 0 bridgehead atoms. The minimum atomic E-state index is -3.81. The zero-order valence-corrected chi connectivity index (χ0v) is 12.3. The van der Waals surface area contributed by atoms with E-state index in [1.165, 1.54) is 6.07 Å². The van der Waals surface area contributed by atoms with E-state index in [2.05, 4.69) is 0 Å². The summed E-state index contributed by atoms with van der Waals surface area (Å²) < 4.78 is 23.1. The number of benzene rings is 1. The van der Waals surface area contributed by atoms with Crippen molar-refractivity contribution in [2.75, 3.05) is 13.1 Å². The molecule has 0 aliphatic carbocycles. The van der Waals surface area contributed by atoms with Crippen molar-refractivity contribution in [1.29, 1.82) is 0 Å². The van der Waals surface area contributed by atoms with E-state index in [1.54, 1.807) is 17.0 Å². The Morgan fingerprint density at radius 2 is 1.79 bits per heavy atom. The number of primary sulfonamides is 1. The summed E-state index contributed by atoms with van der Waals surface area (Å²) in [5, 5.41) is 5.19. The number of nitrogens with zero attached hydrogens (tertiary/aromatic N) is 1. The lowest BCUT2D eigenvalue weighted by Crippen LogP contribution is -2.30. The van der Waals surface area contributed by atoms with Gasteiger partial charge in [0.2, 0.25) is 10.0 Å². The maximum absolute atomic E-state index is 12.2. The van der Waals surface area contributed by atoms with Crippen molar-refractivity contribution in [2.45, 2.75) is 32.1 Å². The summed E-state index contributed by atoms with van der Waals surface area (Å²) >= 11 is 0. The number of carbonyl (C=O) groups is 1. The molecule has 6 heteroatoms. The van der Waals surface area contributed by atoms with E-state index in [1.807, 2.05) is 20.8 Å². The fourth-order valence-corrected chi connectivity index (χ4v) is 2.81. The summed E-state index contributed by atoms with van der Waals surface area (Å²) in [5.74, 6) is -0.183. The molecule has 1 aromatic carbocycles. The number of aryl methyl sites for hydroxylation is 1. The van der Waals surface area contributed by atoms with Crippen molar-refractivity contribution >= 4 is 15.9 Å². The van der Waals surface area contributed by atoms with Crippen molar-refractivity contribution in [2.24, 2.45) is 5.14 Å². The van der Waals surface area contributed by atoms with E-state index < -0.39 is 10.0 Å². The molecule has 0 aromatic heterocycles. The van der Waals surface area contributed by atoms with Gasteiger partial charge in [-0.05, 0) is 38.0 Å². The average Bonchev–Trinajstić information content (AvgIpc) is 2.38. The van der Waals surface area contributed by atoms with E-state index in [9.17, 15) is 13.2 Å². The Morgan fingerprint density at radius 1 is 1.21 bits per heavy atom. The fourth-order valence-electron chi connectivity index (χ4n) is 1.94. The Balaban J connectivity index is 3.30. The molecule has 0 saturated carbocycles. The summed E-state index contributed by atoms with van der Waals surface area (Å²) in [6.45, 7) is 6.76. The van der Waals surface area contributed by atoms with Gasteiger partial charge in [-0.15, -0.1) is 0 Å². The van der Waals surface area contributed by atoms with Crippen LogP contribution in [0, 0.1) is 0 Å². The Bertz CT molecular complexity index is 563. The van der Waals surface area contributed by atoms with Crippen molar-refractivity contribution in [1.82, 2.24) is 4.90 Å². The first-order valence-corrected chi connectivity index (χ1v) is 7.84. The molecular weight excluding hydrogens is 264 g/mol. The zero-order chi connectivity index (χ0) is 14.6. The van der Waals surface area contributed by atoms with Crippen LogP contribution in [0.25, 0.3) is 0 Å². The summed E-state index contributed by atoms with van der Waals surface area (Å²) in [4.78, 5) is 13.8. The first kappa shape index (κ1) is 15.7. The van der Waals surface area contributed by atoms with E-state index in [0.717, 1.165) is 0 Å². The SMILES string of the molecule is CCc1ccc(C(=O)N(CC)CC)cc1S(N)(=O)=O. The first-order valence-electron chi connectivity index (χ1n) is 6.30. The highest BCUT2D eigenvalue weighted by molar-refractivity contribution is 7.89. The van der Waals surface area contributed by atoms with E-state index in [-0.39, 0.29) is 10.8 Å². The van der Waals surface area contributed by atoms with Crippen molar-refractivity contribution < 1.29 is 13.2 Å². The highest BCUT2D eigenvalue weighted by atomic mass is 32.2. The minimum absolute atomic E-state index is 0.0352. The summed E-state index contributed by atoms with van der Waals surface area (Å²) in [5.41, 5.74) is 0.975. The highest BCUT2D eigenvalue weighted by Crippen LogP contribution is 2.18. The van der Waals surface area contributed by atoms with Gasteiger partial charge in [-0.2, -0.15) is 0 Å². The molecule has 5 nitrogen and oxygen atoms in total. The van der Waals surface area contributed by atoms with Gasteiger partial charge in [0, 0.05) is 18.7 Å². The molecule has 0 atom stereocenters. The lowest BCUT2D eigenvalue weighted by atomic mass is 10.1. The predicted octanol–water partition coefficient (Wildman–Crippen LogP) is 1.38. The Labute approximate surface area is 114 Å². The third kappa shape index (κ3) is 3.54. The summed E-state index contributed by atoms with van der Waals surface area (Å²) in [7, 11) is -3.81. The van der Waals surface area contributed by atoms with Gasteiger partial charge in [-0.25, -0.2) is 13.6 Å². The fraction of sp³-hybridized carbons (Fsp3) is 0.462. The average molecular weight is 284 g/mol. The number of nitrogens with two attached hydrogens (primary N) is 1. The molecular formula is C13H20N2O3S. The van der Waals surface area contributed by atoms with Crippen LogP contribution >= 0.6 is 0 Å². The maximum atomic E-state index is 12.2. The van der Waals surface area contributed by atoms with Gasteiger partial charge in [-0.3, -0.25) is 4.79 Å². The number of rotatable bonds is 5. The number of amides is 1. The highest BCUT2D eigenvalue weighted by Gasteiger charge is 2.18. The monoisotopic (exact) mass is 284 g/mol. The molecule has 19 heavy (non-hydrogen) atoms. The topological polar surface area (TPSA) is 80.5 Å². The van der Waals surface area contributed by atoms with Gasteiger partial charge in [0.25, 0.3) is 5.91 Å². The number of hydrogen-bond donors (Lipinski definition) is 1. The quantitative estimate of drug-likeness (QED) is 0.887. The van der Waals surface area contributed by atoms with Gasteiger partial charge in [0.1, 0.15) is 0 Å². The Hall–Kier alpha value is -1.40. The number of carbonyl (C=O) groups excluding carboxylic acids is 1. The molecule has 0 heterocycles. The van der Waals surface area contributed by atoms with E-state index in [4.69, 9.17) is 5.14 Å². The van der Waals surface area contributed by atoms with Crippen LogP contribution in [0.3, 0.4) is 0 Å². The molecule has 1 rings (SSSR count). The second kappa shape index (κ2) is 6.16. The van der Waals surface area contributed by atoms with Gasteiger partial charge < -0.3 is 4.90 Å². The van der Waals surface area contributed by atoms with Crippen LogP contribution in [-0.4, -0.2) is 32.3 Å². The second-order valence-electron chi connectivity index (χ2n) is 4.20. The molecule has 0 unspecified atom stereocenters. The van der Waals surface area contributed by atoms with Crippen LogP contribution in [-0.2, 0) is 16.4 Å². The third-order valence-corrected chi connectivity index (χ3v) is 4.05. The normalized spacial score (nSPS) is 11.4. The number of hydrogen-bond acceptors (Lipinski definition) is 3. The van der Waals surface area contributed by atoms with Crippen LogP contribution < -0.4 is 5.14 Å².